The molecule has 1 aromatic rings. The van der Waals surface area contributed by atoms with Crippen molar-refractivity contribution in [2.75, 3.05) is 20.8 Å². The van der Waals surface area contributed by atoms with Crippen molar-refractivity contribution in [1.29, 1.82) is 0 Å². The lowest BCUT2D eigenvalue weighted by Crippen LogP contribution is -2.17. The third kappa shape index (κ3) is 2.88. The van der Waals surface area contributed by atoms with E-state index in [0.717, 1.165) is 0 Å². The van der Waals surface area contributed by atoms with E-state index >= 15 is 0 Å². The first-order valence-electron chi connectivity index (χ1n) is 5.21. The van der Waals surface area contributed by atoms with Gasteiger partial charge in [0.15, 0.2) is 6.10 Å². The molecule has 0 radical (unpaired) electrons. The van der Waals surface area contributed by atoms with E-state index in [1.165, 1.54) is 14.2 Å². The molecule has 0 aliphatic carbocycles. The van der Waals surface area contributed by atoms with Gasteiger partial charge in [0.2, 0.25) is 0 Å². The second-order valence-corrected chi connectivity index (χ2v) is 3.23. The molecule has 0 saturated heterocycles. The molecule has 5 nitrogen and oxygen atoms in total. The Morgan fingerprint density at radius 3 is 2.24 bits per heavy atom. The summed E-state index contributed by atoms with van der Waals surface area (Å²) in [6.45, 7) is 1.87. The fourth-order valence-corrected chi connectivity index (χ4v) is 1.49. The van der Waals surface area contributed by atoms with Gasteiger partial charge in [-0.3, -0.25) is 0 Å². The molecule has 1 N–H and O–H groups in total. The number of hydrogen-bond donors (Lipinski definition) is 1. The standard InChI is InChI=1S/C12H16O5/c1-4-17-12(14)11(13)10-8(15-2)6-5-7-9(10)16-3/h5-7,11,13H,4H2,1-3H3. The van der Waals surface area contributed by atoms with Crippen LogP contribution in [-0.4, -0.2) is 31.9 Å². The van der Waals surface area contributed by atoms with Crippen LogP contribution in [0.2, 0.25) is 0 Å². The first-order valence-corrected chi connectivity index (χ1v) is 5.21. The quantitative estimate of drug-likeness (QED) is 0.786. The zero-order chi connectivity index (χ0) is 12.8. The third-order valence-corrected chi connectivity index (χ3v) is 2.25. The van der Waals surface area contributed by atoms with E-state index in [-0.39, 0.29) is 12.2 Å². The number of aliphatic hydroxyl groups excluding tert-OH is 1. The monoisotopic (exact) mass is 240 g/mol. The lowest BCUT2D eigenvalue weighted by Gasteiger charge is -2.16. The van der Waals surface area contributed by atoms with Gasteiger partial charge in [0.25, 0.3) is 0 Å². The molecule has 1 rings (SSSR count). The normalized spacial score (nSPS) is 11.8. The smallest absolute Gasteiger partial charge is 0.339 e. The van der Waals surface area contributed by atoms with E-state index in [2.05, 4.69) is 0 Å². The SMILES string of the molecule is CCOC(=O)C(O)c1c(OC)cccc1OC. The van der Waals surface area contributed by atoms with Crippen LogP contribution < -0.4 is 9.47 Å². The number of benzene rings is 1. The average molecular weight is 240 g/mol. The number of carbonyl (C=O) groups is 1. The highest BCUT2D eigenvalue weighted by molar-refractivity contribution is 5.78. The molecule has 0 saturated carbocycles. The average Bonchev–Trinajstić information content (AvgIpc) is 2.37. The number of esters is 1. The number of carbonyl (C=O) groups excluding carboxylic acids is 1. The zero-order valence-electron chi connectivity index (χ0n) is 10.1. The molecule has 17 heavy (non-hydrogen) atoms. The Balaban J connectivity index is 3.13. The van der Waals surface area contributed by atoms with Crippen molar-refractivity contribution in [3.63, 3.8) is 0 Å². The highest BCUT2D eigenvalue weighted by Gasteiger charge is 2.26. The maximum absolute atomic E-state index is 11.5. The summed E-state index contributed by atoms with van der Waals surface area (Å²) < 4.78 is 14.9. The summed E-state index contributed by atoms with van der Waals surface area (Å²) in [5.41, 5.74) is 0.274. The second-order valence-electron chi connectivity index (χ2n) is 3.23. The van der Waals surface area contributed by atoms with Crippen molar-refractivity contribution in [2.45, 2.75) is 13.0 Å². The van der Waals surface area contributed by atoms with Crippen LogP contribution in [0.3, 0.4) is 0 Å². The Labute approximate surface area is 99.9 Å². The molecule has 0 fully saturated rings. The van der Waals surface area contributed by atoms with Crippen molar-refractivity contribution in [2.24, 2.45) is 0 Å². The minimum Gasteiger partial charge on any atom is -0.496 e. The van der Waals surface area contributed by atoms with Crippen molar-refractivity contribution in [1.82, 2.24) is 0 Å². The van der Waals surface area contributed by atoms with Gasteiger partial charge in [-0.05, 0) is 19.1 Å². The second kappa shape index (κ2) is 6.10. The predicted octanol–water partition coefficient (Wildman–Crippen LogP) is 1.30. The van der Waals surface area contributed by atoms with Crippen LogP contribution in [0.1, 0.15) is 18.6 Å². The maximum Gasteiger partial charge on any atom is 0.339 e. The van der Waals surface area contributed by atoms with E-state index in [4.69, 9.17) is 14.2 Å². The molecule has 1 atom stereocenters. The molecule has 94 valence electrons. The molecule has 0 aliphatic heterocycles. The summed E-state index contributed by atoms with van der Waals surface area (Å²) in [6, 6.07) is 4.99. The van der Waals surface area contributed by atoms with Crippen LogP contribution in [0, 0.1) is 0 Å². The lowest BCUT2D eigenvalue weighted by molar-refractivity contribution is -0.153. The van der Waals surface area contributed by atoms with Crippen LogP contribution in [0.4, 0.5) is 0 Å². The van der Waals surface area contributed by atoms with Crippen molar-refractivity contribution in [3.8, 4) is 11.5 Å². The highest BCUT2D eigenvalue weighted by atomic mass is 16.5. The molecule has 0 aliphatic rings. The minimum atomic E-state index is -1.42. The number of rotatable bonds is 5. The molecular weight excluding hydrogens is 224 g/mol. The van der Waals surface area contributed by atoms with Gasteiger partial charge < -0.3 is 19.3 Å². The maximum atomic E-state index is 11.5. The van der Waals surface area contributed by atoms with Gasteiger partial charge >= 0.3 is 5.97 Å². The Kier molecular flexibility index (Phi) is 4.78. The molecule has 0 aromatic heterocycles. The van der Waals surface area contributed by atoms with E-state index in [0.29, 0.717) is 11.5 Å². The van der Waals surface area contributed by atoms with Gasteiger partial charge in [-0.25, -0.2) is 4.79 Å². The van der Waals surface area contributed by atoms with E-state index in [1.54, 1.807) is 25.1 Å². The minimum absolute atomic E-state index is 0.202. The van der Waals surface area contributed by atoms with Gasteiger partial charge in [-0.1, -0.05) is 6.07 Å². The number of methoxy groups -OCH3 is 2. The van der Waals surface area contributed by atoms with Crippen LogP contribution in [-0.2, 0) is 9.53 Å². The topological polar surface area (TPSA) is 65.0 Å². The van der Waals surface area contributed by atoms with E-state index < -0.39 is 12.1 Å². The lowest BCUT2D eigenvalue weighted by atomic mass is 10.1. The van der Waals surface area contributed by atoms with Crippen LogP contribution in [0.15, 0.2) is 18.2 Å². The van der Waals surface area contributed by atoms with Gasteiger partial charge in [0.05, 0.1) is 26.4 Å². The van der Waals surface area contributed by atoms with Crippen LogP contribution in [0.25, 0.3) is 0 Å². The first-order chi connectivity index (χ1) is 8.15. The Hall–Kier alpha value is -1.75. The summed E-state index contributed by atoms with van der Waals surface area (Å²) >= 11 is 0. The summed E-state index contributed by atoms with van der Waals surface area (Å²) in [5.74, 6) is 0.0325. The van der Waals surface area contributed by atoms with Crippen LogP contribution in [0.5, 0.6) is 11.5 Å². The van der Waals surface area contributed by atoms with Crippen molar-refractivity contribution in [3.05, 3.63) is 23.8 Å². The Morgan fingerprint density at radius 1 is 1.29 bits per heavy atom. The third-order valence-electron chi connectivity index (χ3n) is 2.25. The summed E-state index contributed by atoms with van der Waals surface area (Å²) in [6.07, 6.45) is -1.42. The molecule has 0 heterocycles. The van der Waals surface area contributed by atoms with Crippen LogP contribution >= 0.6 is 0 Å². The molecule has 0 bridgehead atoms. The summed E-state index contributed by atoms with van der Waals surface area (Å²) in [5, 5.41) is 9.91. The molecule has 0 spiro atoms. The highest BCUT2D eigenvalue weighted by Crippen LogP contribution is 2.34. The van der Waals surface area contributed by atoms with Gasteiger partial charge in [-0.2, -0.15) is 0 Å². The summed E-state index contributed by atoms with van der Waals surface area (Å²) in [7, 11) is 2.91. The Morgan fingerprint density at radius 2 is 1.82 bits per heavy atom. The van der Waals surface area contributed by atoms with Gasteiger partial charge in [-0.15, -0.1) is 0 Å². The van der Waals surface area contributed by atoms with Crippen molar-refractivity contribution >= 4 is 5.97 Å². The number of hydrogen-bond acceptors (Lipinski definition) is 5. The first kappa shape index (κ1) is 13.3. The fourth-order valence-electron chi connectivity index (χ4n) is 1.49. The zero-order valence-corrected chi connectivity index (χ0v) is 10.1. The van der Waals surface area contributed by atoms with Gasteiger partial charge in [0.1, 0.15) is 11.5 Å². The van der Waals surface area contributed by atoms with Crippen molar-refractivity contribution < 1.29 is 24.1 Å². The molecule has 0 amide bonds. The van der Waals surface area contributed by atoms with Gasteiger partial charge in [0, 0.05) is 0 Å². The number of aliphatic hydroxyl groups is 1. The van der Waals surface area contributed by atoms with E-state index in [9.17, 15) is 9.90 Å². The molecule has 1 aromatic carbocycles. The number of ether oxygens (including phenoxy) is 3. The summed E-state index contributed by atoms with van der Waals surface area (Å²) in [4.78, 5) is 11.5. The Bertz CT molecular complexity index is 366. The molecule has 5 heteroatoms. The van der Waals surface area contributed by atoms with E-state index in [1.807, 2.05) is 0 Å². The fraction of sp³-hybridized carbons (Fsp3) is 0.417. The molecule has 1 unspecified atom stereocenters. The largest absolute Gasteiger partial charge is 0.496 e. The molecular formula is C12H16O5. The predicted molar refractivity (Wildman–Crippen MR) is 61.1 cm³/mol.